The lowest BCUT2D eigenvalue weighted by Gasteiger charge is -2.14. The number of carbonyl (C=O) groups is 1. The van der Waals surface area contributed by atoms with Crippen LogP contribution in [-0.4, -0.2) is 41.9 Å². The maximum Gasteiger partial charge on any atom is 0.260 e. The summed E-state index contributed by atoms with van der Waals surface area (Å²) in [5.74, 6) is 1.53. The van der Waals surface area contributed by atoms with Crippen molar-refractivity contribution in [1.29, 1.82) is 0 Å². The second kappa shape index (κ2) is 8.70. The molecular weight excluding hydrogens is 426 g/mol. The highest BCUT2D eigenvalue weighted by Gasteiger charge is 2.20. The van der Waals surface area contributed by atoms with Gasteiger partial charge in [-0.1, -0.05) is 42.9 Å². The number of nitrogens with zero attached hydrogens (tertiary/aromatic N) is 6. The van der Waals surface area contributed by atoms with E-state index in [0.717, 1.165) is 22.5 Å². The van der Waals surface area contributed by atoms with Crippen LogP contribution in [0.2, 0.25) is 0 Å². The first-order valence-electron chi connectivity index (χ1n) is 10.3. The van der Waals surface area contributed by atoms with Gasteiger partial charge in [0.25, 0.3) is 11.7 Å². The molecule has 0 saturated carbocycles. The number of anilines is 1. The van der Waals surface area contributed by atoms with E-state index in [4.69, 9.17) is 4.52 Å². The fourth-order valence-electron chi connectivity index (χ4n) is 3.47. The van der Waals surface area contributed by atoms with Gasteiger partial charge in [0.2, 0.25) is 11.1 Å². The number of fused-ring (bicyclic) bond motifs is 1. The molecule has 9 nitrogen and oxygen atoms in total. The summed E-state index contributed by atoms with van der Waals surface area (Å²) in [5.41, 5.74) is 4.69. The van der Waals surface area contributed by atoms with E-state index in [0.29, 0.717) is 33.9 Å². The number of nitrogens with one attached hydrogen (secondary N) is 1. The molecule has 1 N–H and O–H groups in total. The highest BCUT2D eigenvalue weighted by molar-refractivity contribution is 7.98. The molecule has 1 amide bonds. The Morgan fingerprint density at radius 1 is 1.19 bits per heavy atom. The lowest BCUT2D eigenvalue weighted by atomic mass is 10.1. The Labute approximate surface area is 190 Å². The maximum absolute atomic E-state index is 13.1. The third kappa shape index (κ3) is 4.10. The maximum atomic E-state index is 13.1. The summed E-state index contributed by atoms with van der Waals surface area (Å²) >= 11 is 1.45. The van der Waals surface area contributed by atoms with E-state index in [1.165, 1.54) is 11.8 Å². The number of thioether (sulfide) groups is 1. The van der Waals surface area contributed by atoms with Crippen LogP contribution < -0.4 is 5.32 Å². The van der Waals surface area contributed by atoms with Gasteiger partial charge in [0, 0.05) is 22.9 Å². The molecule has 10 heteroatoms. The van der Waals surface area contributed by atoms with Crippen molar-refractivity contribution in [2.45, 2.75) is 52.1 Å². The number of aromatic nitrogens is 6. The minimum Gasteiger partial charge on any atom is -0.334 e. The molecule has 4 aromatic rings. The summed E-state index contributed by atoms with van der Waals surface area (Å²) < 4.78 is 7.15. The molecular formula is C22H25N7O2S. The average molecular weight is 452 g/mol. The summed E-state index contributed by atoms with van der Waals surface area (Å²) in [7, 11) is 0. The summed E-state index contributed by atoms with van der Waals surface area (Å²) in [6.07, 6.45) is 2.07. The molecule has 0 aliphatic carbocycles. The van der Waals surface area contributed by atoms with Crippen molar-refractivity contribution in [3.8, 4) is 11.5 Å². The minimum absolute atomic E-state index is 0.145. The largest absolute Gasteiger partial charge is 0.334 e. The Morgan fingerprint density at radius 2 is 1.97 bits per heavy atom. The molecule has 3 heterocycles. The zero-order chi connectivity index (χ0) is 23.0. The third-order valence-corrected chi connectivity index (χ3v) is 5.81. The summed E-state index contributed by atoms with van der Waals surface area (Å²) in [5, 5.41) is 12.2. The summed E-state index contributed by atoms with van der Waals surface area (Å²) in [6, 6.07) is 5.70. The molecule has 0 aliphatic rings. The van der Waals surface area contributed by atoms with Gasteiger partial charge >= 0.3 is 0 Å². The van der Waals surface area contributed by atoms with E-state index in [9.17, 15) is 4.79 Å². The molecule has 0 unspecified atom stereocenters. The molecule has 0 spiro atoms. The number of aryl methyl sites for hydroxylation is 3. The topological polar surface area (TPSA) is 111 Å². The van der Waals surface area contributed by atoms with Crippen LogP contribution in [0.5, 0.6) is 0 Å². The standard InChI is InChI=1S/C22H25N7O2S/c1-11(2)19-25-20(31-28-19)15-9-7-8-12(3)18(15)24-17(30)10-16-13(4)23-21-26-22(32-6)27-29(21)14(16)5/h7-9,11H,10H2,1-6H3,(H,24,30). The number of hydrogen-bond acceptors (Lipinski definition) is 8. The molecule has 0 bridgehead atoms. The van der Waals surface area contributed by atoms with E-state index in [-0.39, 0.29) is 18.2 Å². The SMILES string of the molecule is CSc1nc2nc(C)c(CC(=O)Nc3c(C)cccc3-c3nc(C(C)C)no3)c(C)n2n1. The molecule has 0 radical (unpaired) electrons. The summed E-state index contributed by atoms with van der Waals surface area (Å²) in [4.78, 5) is 26.5. The average Bonchev–Trinajstić information content (AvgIpc) is 3.40. The van der Waals surface area contributed by atoms with Crippen molar-refractivity contribution >= 4 is 29.1 Å². The van der Waals surface area contributed by atoms with Crippen molar-refractivity contribution in [3.63, 3.8) is 0 Å². The molecule has 32 heavy (non-hydrogen) atoms. The second-order valence-corrected chi connectivity index (χ2v) is 8.68. The van der Waals surface area contributed by atoms with Crippen LogP contribution in [0, 0.1) is 20.8 Å². The van der Waals surface area contributed by atoms with Crippen molar-refractivity contribution in [2.75, 3.05) is 11.6 Å². The van der Waals surface area contributed by atoms with Crippen molar-refractivity contribution in [1.82, 2.24) is 29.7 Å². The third-order valence-electron chi connectivity index (χ3n) is 5.28. The number of carbonyl (C=O) groups excluding carboxylic acids is 1. The van der Waals surface area contributed by atoms with Crippen molar-refractivity contribution in [2.24, 2.45) is 0 Å². The highest BCUT2D eigenvalue weighted by atomic mass is 32.2. The lowest BCUT2D eigenvalue weighted by Crippen LogP contribution is -2.19. The predicted octanol–water partition coefficient (Wildman–Crippen LogP) is 4.13. The number of hydrogen-bond donors (Lipinski definition) is 1. The summed E-state index contributed by atoms with van der Waals surface area (Å²) in [6.45, 7) is 9.74. The lowest BCUT2D eigenvalue weighted by molar-refractivity contribution is -0.115. The van der Waals surface area contributed by atoms with E-state index in [1.54, 1.807) is 4.52 Å². The van der Waals surface area contributed by atoms with Gasteiger partial charge < -0.3 is 9.84 Å². The molecule has 3 aromatic heterocycles. The molecule has 0 saturated heterocycles. The van der Waals surface area contributed by atoms with Crippen molar-refractivity contribution in [3.05, 3.63) is 46.5 Å². The van der Waals surface area contributed by atoms with Crippen LogP contribution in [0.25, 0.3) is 17.2 Å². The first-order chi connectivity index (χ1) is 15.3. The fraction of sp³-hybridized carbons (Fsp3) is 0.364. The van der Waals surface area contributed by atoms with Gasteiger partial charge in [-0.15, -0.1) is 5.10 Å². The van der Waals surface area contributed by atoms with E-state index in [1.807, 2.05) is 59.1 Å². The fourth-order valence-corrected chi connectivity index (χ4v) is 3.80. The Morgan fingerprint density at radius 3 is 2.66 bits per heavy atom. The van der Waals surface area contributed by atoms with Gasteiger partial charge in [-0.25, -0.2) is 9.50 Å². The Kier molecular flexibility index (Phi) is 5.96. The molecule has 166 valence electrons. The van der Waals surface area contributed by atoms with E-state index < -0.39 is 0 Å². The van der Waals surface area contributed by atoms with Gasteiger partial charge in [0.1, 0.15) is 0 Å². The number of amides is 1. The van der Waals surface area contributed by atoms with E-state index in [2.05, 4.69) is 30.5 Å². The first kappa shape index (κ1) is 21.9. The van der Waals surface area contributed by atoms with Crippen LogP contribution in [0.1, 0.15) is 48.1 Å². The molecule has 4 rings (SSSR count). The zero-order valence-electron chi connectivity index (χ0n) is 18.9. The van der Waals surface area contributed by atoms with Crippen LogP contribution in [0.15, 0.2) is 27.9 Å². The Hall–Kier alpha value is -3.27. The predicted molar refractivity (Wildman–Crippen MR) is 123 cm³/mol. The molecule has 1 aromatic carbocycles. The minimum atomic E-state index is -0.165. The number of rotatable bonds is 6. The van der Waals surface area contributed by atoms with E-state index >= 15 is 0 Å². The van der Waals surface area contributed by atoms with Gasteiger partial charge in [-0.3, -0.25) is 4.79 Å². The second-order valence-electron chi connectivity index (χ2n) is 7.91. The Bertz CT molecular complexity index is 1310. The van der Waals surface area contributed by atoms with Crippen LogP contribution in [0.4, 0.5) is 5.69 Å². The highest BCUT2D eigenvalue weighted by Crippen LogP contribution is 2.31. The zero-order valence-corrected chi connectivity index (χ0v) is 19.7. The molecule has 0 fully saturated rings. The van der Waals surface area contributed by atoms with Gasteiger partial charge in [-0.05, 0) is 38.7 Å². The van der Waals surface area contributed by atoms with Gasteiger partial charge in [-0.2, -0.15) is 9.97 Å². The monoisotopic (exact) mass is 451 g/mol. The Balaban J connectivity index is 1.64. The van der Waals surface area contributed by atoms with Crippen LogP contribution in [-0.2, 0) is 11.2 Å². The van der Waals surface area contributed by atoms with Crippen molar-refractivity contribution < 1.29 is 9.32 Å². The number of para-hydroxylation sites is 1. The van der Waals surface area contributed by atoms with Crippen LogP contribution >= 0.6 is 11.8 Å². The van der Waals surface area contributed by atoms with Gasteiger partial charge in [0.15, 0.2) is 5.82 Å². The number of benzene rings is 1. The van der Waals surface area contributed by atoms with Crippen LogP contribution in [0.3, 0.4) is 0 Å². The normalized spacial score (nSPS) is 11.5. The molecule has 0 atom stereocenters. The van der Waals surface area contributed by atoms with Gasteiger partial charge in [0.05, 0.1) is 17.7 Å². The smallest absolute Gasteiger partial charge is 0.260 e. The molecule has 0 aliphatic heterocycles. The quantitative estimate of drug-likeness (QED) is 0.436. The first-order valence-corrected chi connectivity index (χ1v) is 11.5.